The predicted molar refractivity (Wildman–Crippen MR) is 264 cm³/mol. The molecule has 0 radical (unpaired) electrons. The SMILES string of the molecule is O=P1(c2ccccc2)c2ccccc2-c2c1ccc1c3ccccc3n(-c3ccc(-c4cc(-c5ccc(-c6ccccc6)cc5)cc(-c5ccc(-c6ccccc6)cc5)n4)cc3)c21. The minimum Gasteiger partial charge on any atom is -0.309 e. The zero-order valence-electron chi connectivity index (χ0n) is 34.3. The number of aromatic nitrogens is 2. The third-order valence-electron chi connectivity index (χ3n) is 12.6. The van der Waals surface area contributed by atoms with E-state index >= 15 is 4.57 Å². The van der Waals surface area contributed by atoms with Gasteiger partial charge in [-0.15, -0.1) is 0 Å². The number of nitrogens with zero attached hydrogens (tertiary/aromatic N) is 2. The molecule has 3 heterocycles. The molecule has 1 atom stereocenters. The molecule has 3 nitrogen and oxygen atoms in total. The van der Waals surface area contributed by atoms with Gasteiger partial charge in [0, 0.05) is 49.1 Å². The first-order valence-corrected chi connectivity index (χ1v) is 23.1. The van der Waals surface area contributed by atoms with Gasteiger partial charge in [-0.05, 0) is 75.3 Å². The topological polar surface area (TPSA) is 34.9 Å². The molecule has 11 aromatic rings. The van der Waals surface area contributed by atoms with Crippen LogP contribution >= 0.6 is 7.14 Å². The molecular weight excluding hydrogens is 784 g/mol. The molecule has 0 bridgehead atoms. The summed E-state index contributed by atoms with van der Waals surface area (Å²) in [7, 11) is -3.13. The predicted octanol–water partition coefficient (Wildman–Crippen LogP) is 14.1. The first-order chi connectivity index (χ1) is 31.1. The average molecular weight is 823 g/mol. The van der Waals surface area contributed by atoms with Crippen LogP contribution in [-0.2, 0) is 4.57 Å². The Morgan fingerprint density at radius 2 is 0.841 bits per heavy atom. The largest absolute Gasteiger partial charge is 0.309 e. The van der Waals surface area contributed by atoms with Crippen molar-refractivity contribution >= 4 is 44.9 Å². The van der Waals surface area contributed by atoms with Gasteiger partial charge in [-0.3, -0.25) is 0 Å². The summed E-state index contributed by atoms with van der Waals surface area (Å²) < 4.78 is 17.9. The van der Waals surface area contributed by atoms with E-state index in [0.717, 1.165) is 88.2 Å². The van der Waals surface area contributed by atoms with Crippen LogP contribution in [0.3, 0.4) is 0 Å². The molecule has 0 N–H and O–H groups in total. The molecule has 63 heavy (non-hydrogen) atoms. The summed E-state index contributed by atoms with van der Waals surface area (Å²) in [5, 5.41) is 4.95. The Labute approximate surface area is 366 Å². The van der Waals surface area contributed by atoms with Crippen molar-refractivity contribution in [2.75, 3.05) is 0 Å². The van der Waals surface area contributed by atoms with Crippen LogP contribution in [0.5, 0.6) is 0 Å². The third kappa shape index (κ3) is 6.12. The number of para-hydroxylation sites is 1. The van der Waals surface area contributed by atoms with Crippen LogP contribution in [0.25, 0.3) is 94.5 Å². The summed E-state index contributed by atoms with van der Waals surface area (Å²) in [4.78, 5) is 5.34. The highest BCUT2D eigenvalue weighted by Gasteiger charge is 2.41. The standard InChI is InChI=1S/C59H39N2OP/c62-63(49-18-8-3-9-19-49)56-23-13-11-21-52(56)58-57(63)37-36-51-50-20-10-12-22-55(50)61(59(51)58)48-34-32-46(33-35-48)54-39-47(44-26-24-42(25-27-44)40-14-4-1-5-15-40)38-53(60-54)45-30-28-43(29-31-45)41-16-6-2-7-17-41/h1-39H. The number of benzene rings is 9. The van der Waals surface area contributed by atoms with Gasteiger partial charge in [0.2, 0.25) is 0 Å². The van der Waals surface area contributed by atoms with Gasteiger partial charge in [-0.1, -0.05) is 200 Å². The van der Waals surface area contributed by atoms with Crippen molar-refractivity contribution in [1.82, 2.24) is 9.55 Å². The van der Waals surface area contributed by atoms with Gasteiger partial charge < -0.3 is 9.13 Å². The van der Waals surface area contributed by atoms with Crippen LogP contribution < -0.4 is 15.9 Å². The van der Waals surface area contributed by atoms with Gasteiger partial charge in [0.1, 0.15) is 0 Å². The summed E-state index contributed by atoms with van der Waals surface area (Å²) >= 11 is 0. The minimum atomic E-state index is -3.13. The molecular formula is C59H39N2OP. The fraction of sp³-hybridized carbons (Fsp3) is 0. The second-order valence-electron chi connectivity index (χ2n) is 16.2. The Kier molecular flexibility index (Phi) is 8.78. The van der Waals surface area contributed by atoms with E-state index in [2.05, 4.69) is 199 Å². The van der Waals surface area contributed by atoms with Crippen molar-refractivity contribution < 1.29 is 4.57 Å². The van der Waals surface area contributed by atoms with Crippen LogP contribution in [0, 0.1) is 0 Å². The third-order valence-corrected chi connectivity index (χ3v) is 15.8. The van der Waals surface area contributed by atoms with E-state index in [1.807, 2.05) is 42.5 Å². The summed E-state index contributed by atoms with van der Waals surface area (Å²) in [6, 6.07) is 82.9. The summed E-state index contributed by atoms with van der Waals surface area (Å²) in [6.07, 6.45) is 0. The Balaban J connectivity index is 1.00. The summed E-state index contributed by atoms with van der Waals surface area (Å²) in [5.74, 6) is 0. The molecule has 0 fully saturated rings. The average Bonchev–Trinajstić information content (AvgIpc) is 3.84. The highest BCUT2D eigenvalue weighted by Crippen LogP contribution is 2.54. The molecule has 4 heteroatoms. The van der Waals surface area contributed by atoms with E-state index < -0.39 is 7.14 Å². The van der Waals surface area contributed by atoms with Crippen molar-refractivity contribution in [1.29, 1.82) is 0 Å². The second kappa shape index (κ2) is 15.0. The van der Waals surface area contributed by atoms with Crippen LogP contribution in [0.1, 0.15) is 0 Å². The van der Waals surface area contributed by atoms with Crippen LogP contribution in [-0.4, -0.2) is 9.55 Å². The zero-order chi connectivity index (χ0) is 41.9. The molecule has 1 unspecified atom stereocenters. The fourth-order valence-corrected chi connectivity index (χ4v) is 12.6. The lowest BCUT2D eigenvalue weighted by atomic mass is 9.97. The van der Waals surface area contributed by atoms with Crippen molar-refractivity contribution in [2.45, 2.75) is 0 Å². The lowest BCUT2D eigenvalue weighted by Gasteiger charge is -2.16. The monoisotopic (exact) mass is 822 g/mol. The molecule has 0 aliphatic carbocycles. The zero-order valence-corrected chi connectivity index (χ0v) is 35.2. The van der Waals surface area contributed by atoms with Crippen molar-refractivity contribution in [3.63, 3.8) is 0 Å². The molecule has 0 amide bonds. The van der Waals surface area contributed by atoms with E-state index in [9.17, 15) is 0 Å². The lowest BCUT2D eigenvalue weighted by molar-refractivity contribution is 0.593. The lowest BCUT2D eigenvalue weighted by Crippen LogP contribution is -2.20. The molecule has 12 rings (SSSR count). The van der Waals surface area contributed by atoms with E-state index in [0.29, 0.717) is 0 Å². The Morgan fingerprint density at radius 3 is 1.46 bits per heavy atom. The van der Waals surface area contributed by atoms with Crippen molar-refractivity contribution in [3.05, 3.63) is 237 Å². The maximum Gasteiger partial charge on any atom is 0.172 e. The normalized spacial score (nSPS) is 14.2. The number of rotatable bonds is 7. The Morgan fingerprint density at radius 1 is 0.365 bits per heavy atom. The first-order valence-electron chi connectivity index (χ1n) is 21.4. The van der Waals surface area contributed by atoms with E-state index in [1.54, 1.807) is 0 Å². The van der Waals surface area contributed by atoms with Crippen LogP contribution in [0.2, 0.25) is 0 Å². The van der Waals surface area contributed by atoms with Crippen LogP contribution in [0.15, 0.2) is 237 Å². The number of hydrogen-bond donors (Lipinski definition) is 0. The first kappa shape index (κ1) is 37.0. The van der Waals surface area contributed by atoms with Gasteiger partial charge in [-0.25, -0.2) is 4.98 Å². The minimum absolute atomic E-state index is 0.857. The van der Waals surface area contributed by atoms with E-state index in [1.165, 1.54) is 22.3 Å². The van der Waals surface area contributed by atoms with E-state index in [-0.39, 0.29) is 0 Å². The Bertz CT molecular complexity index is 3440. The van der Waals surface area contributed by atoms with Gasteiger partial charge in [0.15, 0.2) is 7.14 Å². The Hall–Kier alpha value is -7.84. The maximum atomic E-state index is 15.6. The number of fused-ring (bicyclic) bond motifs is 7. The fourth-order valence-electron chi connectivity index (χ4n) is 9.57. The number of pyridine rings is 1. The highest BCUT2D eigenvalue weighted by molar-refractivity contribution is 7.86. The molecule has 2 aromatic heterocycles. The molecule has 0 spiro atoms. The van der Waals surface area contributed by atoms with Gasteiger partial charge in [0.05, 0.1) is 22.4 Å². The van der Waals surface area contributed by atoms with Crippen molar-refractivity contribution in [3.8, 4) is 72.7 Å². The molecule has 0 saturated carbocycles. The van der Waals surface area contributed by atoms with Gasteiger partial charge in [-0.2, -0.15) is 0 Å². The maximum absolute atomic E-state index is 15.6. The molecule has 1 aliphatic rings. The quantitative estimate of drug-likeness (QED) is 0.150. The highest BCUT2D eigenvalue weighted by atomic mass is 31.2. The molecule has 1 aliphatic heterocycles. The second-order valence-corrected chi connectivity index (χ2v) is 18.9. The summed E-state index contributed by atoms with van der Waals surface area (Å²) in [6.45, 7) is 0. The number of hydrogen-bond acceptors (Lipinski definition) is 2. The van der Waals surface area contributed by atoms with E-state index in [4.69, 9.17) is 4.98 Å². The van der Waals surface area contributed by atoms with Crippen LogP contribution in [0.4, 0.5) is 0 Å². The van der Waals surface area contributed by atoms with Gasteiger partial charge in [0.25, 0.3) is 0 Å². The molecule has 296 valence electrons. The molecule has 0 saturated heterocycles. The smallest absolute Gasteiger partial charge is 0.172 e. The summed E-state index contributed by atoms with van der Waals surface area (Å²) in [5.41, 5.74) is 16.1. The van der Waals surface area contributed by atoms with Gasteiger partial charge >= 0.3 is 0 Å². The molecule has 9 aromatic carbocycles. The van der Waals surface area contributed by atoms with Crippen molar-refractivity contribution in [2.24, 2.45) is 0 Å².